The fourth-order valence-electron chi connectivity index (χ4n) is 12.4. The summed E-state index contributed by atoms with van der Waals surface area (Å²) in [4.78, 5) is 55.5. The average molecular weight is 1300 g/mol. The van der Waals surface area contributed by atoms with Crippen molar-refractivity contribution in [3.05, 3.63) is 221 Å². The Balaban J connectivity index is 0.000000193. The molecule has 0 bridgehead atoms. The number of nitrogens with zero attached hydrogens (tertiary/aromatic N) is 4. The smallest absolute Gasteiger partial charge is 0.319 e. The number of aromatic nitrogens is 2. The highest BCUT2D eigenvalue weighted by atomic mass is 35.5. The van der Waals surface area contributed by atoms with Crippen LogP contribution in [0.1, 0.15) is 109 Å². The van der Waals surface area contributed by atoms with E-state index in [1.165, 1.54) is 71.8 Å². The summed E-state index contributed by atoms with van der Waals surface area (Å²) in [6.45, 7) is 18.3. The minimum Gasteiger partial charge on any atom is -0.495 e. The van der Waals surface area contributed by atoms with Gasteiger partial charge in [0.2, 0.25) is 0 Å². The van der Waals surface area contributed by atoms with Crippen LogP contribution in [0.3, 0.4) is 0 Å². The Hall–Kier alpha value is -10.1. The summed E-state index contributed by atoms with van der Waals surface area (Å²) in [6.07, 6.45) is 7.62. The summed E-state index contributed by atoms with van der Waals surface area (Å²) in [6, 6.07) is 56.2. The molecule has 2 aromatic heterocycles. The fourth-order valence-corrected chi connectivity index (χ4v) is 12.6. The molecule has 490 valence electrons. The van der Waals surface area contributed by atoms with Crippen molar-refractivity contribution in [2.24, 2.45) is 0 Å². The molecule has 10 aromatic rings. The van der Waals surface area contributed by atoms with Gasteiger partial charge in [0.25, 0.3) is 11.8 Å². The summed E-state index contributed by atoms with van der Waals surface area (Å²) < 4.78 is 22.2. The van der Waals surface area contributed by atoms with Crippen molar-refractivity contribution in [1.29, 1.82) is 0 Å². The second-order valence-electron chi connectivity index (χ2n) is 24.8. The third-order valence-corrected chi connectivity index (χ3v) is 17.3. The lowest BCUT2D eigenvalue weighted by molar-refractivity contribution is 0.101. The van der Waals surface area contributed by atoms with Gasteiger partial charge in [-0.3, -0.25) is 19.4 Å². The highest BCUT2D eigenvalue weighted by Gasteiger charge is 2.24. The molecule has 0 spiro atoms. The standard InChI is InChI=1S/C39H43N5O4.C38H40ClN5O3/c1-26(2)40-39(46)42-30-15-19-32(20-16-30)48-31-17-13-29(14-18-31)41-38(45)28-12-21-36(37(24-28)47-4)44-27(3)34(25-43-22-8-5-9-23-43)33-10-6-7-11-35(33)44;1-25(2)40-38(46)42-29-14-18-31(19-15-29)47-30-16-12-28(13-17-30)41-37(45)27-11-20-36(34(39)23-27)44-26(3)33(24-43-21-7-4-8-22-43)32-9-5-6-10-35(32)44/h6-7,10-21,24,26H,5,8-9,22-23,25H2,1-4H3,(H,41,45)(H2,40,42,46);5-6,9-20,23,25H,4,7-8,21-22,24H2,1-3H3,(H,41,45)(H2,40,42,46). The number of rotatable bonds is 19. The van der Waals surface area contributed by atoms with Gasteiger partial charge in [-0.1, -0.05) is 60.8 Å². The van der Waals surface area contributed by atoms with Gasteiger partial charge in [-0.15, -0.1) is 0 Å². The number of methoxy groups -OCH3 is 1. The number of piperidine rings is 2. The number of anilines is 4. The Kier molecular flexibility index (Phi) is 21.5. The number of ether oxygens (including phenoxy) is 3. The van der Waals surface area contributed by atoms with E-state index in [1.807, 2.05) is 52.0 Å². The molecular weight excluding hydrogens is 1210 g/mol. The van der Waals surface area contributed by atoms with E-state index in [4.69, 9.17) is 25.8 Å². The van der Waals surface area contributed by atoms with E-state index in [9.17, 15) is 19.2 Å². The van der Waals surface area contributed by atoms with Crippen molar-refractivity contribution in [1.82, 2.24) is 29.6 Å². The van der Waals surface area contributed by atoms with Gasteiger partial charge in [-0.25, -0.2) is 9.59 Å². The number of fused-ring (bicyclic) bond motifs is 2. The Bertz CT molecular complexity index is 4320. The minimum absolute atomic E-state index is 0.0482. The highest BCUT2D eigenvalue weighted by molar-refractivity contribution is 6.33. The molecule has 0 radical (unpaired) electrons. The molecule has 18 heteroatoms. The lowest BCUT2D eigenvalue weighted by Crippen LogP contribution is -2.34. The van der Waals surface area contributed by atoms with Gasteiger partial charge in [0, 0.05) is 81.2 Å². The number of urea groups is 2. The zero-order valence-electron chi connectivity index (χ0n) is 55.0. The van der Waals surface area contributed by atoms with E-state index in [1.54, 1.807) is 116 Å². The van der Waals surface area contributed by atoms with Crippen molar-refractivity contribution in [3.8, 4) is 40.1 Å². The minimum atomic E-state index is -0.258. The van der Waals surface area contributed by atoms with Crippen LogP contribution in [0.25, 0.3) is 33.2 Å². The van der Waals surface area contributed by atoms with Crippen molar-refractivity contribution in [2.45, 2.75) is 105 Å². The van der Waals surface area contributed by atoms with E-state index in [2.05, 4.69) is 113 Å². The van der Waals surface area contributed by atoms with E-state index in [-0.39, 0.29) is 36.0 Å². The van der Waals surface area contributed by atoms with Gasteiger partial charge in [0.15, 0.2) is 0 Å². The second-order valence-corrected chi connectivity index (χ2v) is 25.2. The number of halogens is 1. The fraction of sp³-hybridized carbons (Fsp3) is 0.273. The van der Waals surface area contributed by atoms with Crippen LogP contribution in [-0.2, 0) is 13.1 Å². The Morgan fingerprint density at radius 1 is 0.442 bits per heavy atom. The van der Waals surface area contributed by atoms with Crippen LogP contribution in [0.2, 0.25) is 5.02 Å². The van der Waals surface area contributed by atoms with Gasteiger partial charge in [-0.05, 0) is 250 Å². The van der Waals surface area contributed by atoms with E-state index >= 15 is 0 Å². The predicted molar refractivity (Wildman–Crippen MR) is 382 cm³/mol. The Morgan fingerprint density at radius 3 is 1.18 bits per heavy atom. The van der Waals surface area contributed by atoms with Gasteiger partial charge in [0.05, 0.1) is 34.5 Å². The molecule has 95 heavy (non-hydrogen) atoms. The summed E-state index contributed by atoms with van der Waals surface area (Å²) in [7, 11) is 1.64. The molecule has 0 unspecified atom stereocenters. The number of carbonyl (C=O) groups is 4. The number of carbonyl (C=O) groups excluding carboxylic acids is 4. The van der Waals surface area contributed by atoms with Crippen LogP contribution in [0.4, 0.5) is 32.3 Å². The summed E-state index contributed by atoms with van der Waals surface area (Å²) in [5.74, 6) is 2.61. The van der Waals surface area contributed by atoms with E-state index in [0.29, 0.717) is 67.6 Å². The molecule has 2 saturated heterocycles. The maximum atomic E-state index is 13.3. The molecule has 12 rings (SSSR count). The van der Waals surface area contributed by atoms with E-state index in [0.717, 1.165) is 61.7 Å². The average Bonchev–Trinajstić information content (AvgIpc) is 1.62. The van der Waals surface area contributed by atoms with Crippen LogP contribution in [-0.4, -0.2) is 88.2 Å². The molecule has 2 fully saturated rings. The monoisotopic (exact) mass is 1290 g/mol. The van der Waals surface area contributed by atoms with Crippen LogP contribution in [0, 0.1) is 13.8 Å². The number of para-hydroxylation sites is 2. The lowest BCUT2D eigenvalue weighted by Gasteiger charge is -2.26. The van der Waals surface area contributed by atoms with Gasteiger partial charge >= 0.3 is 12.1 Å². The normalized spacial score (nSPS) is 13.4. The number of benzene rings is 8. The maximum Gasteiger partial charge on any atom is 0.319 e. The maximum absolute atomic E-state index is 13.3. The molecule has 17 nitrogen and oxygen atoms in total. The van der Waals surface area contributed by atoms with E-state index < -0.39 is 0 Å². The lowest BCUT2D eigenvalue weighted by atomic mass is 10.1. The summed E-state index contributed by atoms with van der Waals surface area (Å²) in [5, 5.41) is 20.1. The van der Waals surface area contributed by atoms with Crippen LogP contribution >= 0.6 is 11.6 Å². The first kappa shape index (κ1) is 66.4. The Morgan fingerprint density at radius 2 is 0.800 bits per heavy atom. The number of nitrogens with one attached hydrogen (secondary N) is 6. The third kappa shape index (κ3) is 16.7. The largest absolute Gasteiger partial charge is 0.495 e. The quantitative estimate of drug-likeness (QED) is 0.0459. The topological polar surface area (TPSA) is 184 Å². The first-order valence-corrected chi connectivity index (χ1v) is 33.1. The predicted octanol–water partition coefficient (Wildman–Crippen LogP) is 17.7. The first-order valence-electron chi connectivity index (χ1n) is 32.7. The molecule has 4 heterocycles. The molecule has 2 aliphatic rings. The van der Waals surface area contributed by atoms with Gasteiger partial charge < -0.3 is 55.2 Å². The van der Waals surface area contributed by atoms with Crippen LogP contribution in [0.5, 0.6) is 28.7 Å². The van der Waals surface area contributed by atoms with Crippen LogP contribution in [0.15, 0.2) is 182 Å². The Labute approximate surface area is 560 Å². The molecule has 6 N–H and O–H groups in total. The number of likely N-dealkylation sites (tertiary alicyclic amines) is 2. The summed E-state index contributed by atoms with van der Waals surface area (Å²) in [5.41, 5.74) is 12.6. The van der Waals surface area contributed by atoms with Gasteiger partial charge in [-0.2, -0.15) is 0 Å². The summed E-state index contributed by atoms with van der Waals surface area (Å²) >= 11 is 6.89. The molecule has 6 amide bonds. The van der Waals surface area contributed by atoms with Gasteiger partial charge in [0.1, 0.15) is 28.7 Å². The molecule has 0 saturated carbocycles. The van der Waals surface area contributed by atoms with Crippen molar-refractivity contribution < 1.29 is 33.4 Å². The van der Waals surface area contributed by atoms with Crippen molar-refractivity contribution in [2.75, 3.05) is 54.6 Å². The molecule has 0 aliphatic carbocycles. The van der Waals surface area contributed by atoms with Crippen molar-refractivity contribution in [3.63, 3.8) is 0 Å². The number of amides is 6. The molecular formula is C77H83ClN10O7. The number of hydrogen-bond donors (Lipinski definition) is 6. The SMILES string of the molecule is COc1cc(C(=O)Nc2ccc(Oc3ccc(NC(=O)NC(C)C)cc3)cc2)ccc1-n1c(C)c(CN2CCCCC2)c2ccccc21.Cc1c(CN2CCCCC2)c2ccccc2n1-c1ccc(C(=O)Nc2ccc(Oc3ccc(NC(=O)NC(C)C)cc3)cc2)cc1Cl. The molecule has 0 atom stereocenters. The number of hydrogen-bond acceptors (Lipinski definition) is 9. The first-order chi connectivity index (χ1) is 46.0. The van der Waals surface area contributed by atoms with Crippen LogP contribution < -0.4 is 46.1 Å². The third-order valence-electron chi connectivity index (χ3n) is 17.0. The molecule has 2 aliphatic heterocycles. The second kappa shape index (κ2) is 30.8. The zero-order valence-corrected chi connectivity index (χ0v) is 55.7. The molecule has 8 aromatic carbocycles. The zero-order chi connectivity index (χ0) is 66.5. The van der Waals surface area contributed by atoms with Crippen molar-refractivity contribution >= 4 is 80.0 Å². The highest BCUT2D eigenvalue weighted by Crippen LogP contribution is 2.37.